The second kappa shape index (κ2) is 5.59. The number of benzene rings is 1. The average Bonchev–Trinajstić information content (AvgIpc) is 2.37. The third-order valence-electron chi connectivity index (χ3n) is 3.58. The van der Waals surface area contributed by atoms with Gasteiger partial charge >= 0.3 is 5.97 Å². The Balaban J connectivity index is 2.36. The topological polar surface area (TPSA) is 72.8 Å². The molecule has 104 valence electrons. The fourth-order valence-corrected chi connectivity index (χ4v) is 2.60. The van der Waals surface area contributed by atoms with E-state index in [0.29, 0.717) is 0 Å². The summed E-state index contributed by atoms with van der Waals surface area (Å²) in [7, 11) is 0. The van der Waals surface area contributed by atoms with Crippen molar-refractivity contribution in [1.29, 1.82) is 0 Å². The van der Waals surface area contributed by atoms with Gasteiger partial charge in [0.05, 0.1) is 0 Å². The highest BCUT2D eigenvalue weighted by Crippen LogP contribution is 2.29. The van der Waals surface area contributed by atoms with Crippen molar-refractivity contribution in [2.75, 3.05) is 26.2 Å². The molecule has 19 heavy (non-hydrogen) atoms. The standard InChI is InChI=1S/C14H20N2O3/c1-9-7-11(8-10(2)13(9)17)12(14(18)19)16-5-3-15-4-6-16/h7-8,12,15,17H,3-6H2,1-2H3,(H,18,19). The molecule has 5 nitrogen and oxygen atoms in total. The lowest BCUT2D eigenvalue weighted by molar-refractivity contribution is -0.143. The molecule has 1 fully saturated rings. The van der Waals surface area contributed by atoms with E-state index in [9.17, 15) is 15.0 Å². The number of hydrogen-bond acceptors (Lipinski definition) is 4. The van der Waals surface area contributed by atoms with Gasteiger partial charge < -0.3 is 15.5 Å². The van der Waals surface area contributed by atoms with Crippen LogP contribution in [-0.2, 0) is 4.79 Å². The van der Waals surface area contributed by atoms with Crippen LogP contribution in [0, 0.1) is 13.8 Å². The van der Waals surface area contributed by atoms with E-state index in [1.807, 2.05) is 4.90 Å². The van der Waals surface area contributed by atoms with Gasteiger partial charge in [-0.3, -0.25) is 9.69 Å². The Labute approximate surface area is 112 Å². The number of piperazine rings is 1. The molecule has 1 aliphatic heterocycles. The van der Waals surface area contributed by atoms with Crippen LogP contribution in [0.15, 0.2) is 12.1 Å². The molecule has 3 N–H and O–H groups in total. The molecule has 5 heteroatoms. The summed E-state index contributed by atoms with van der Waals surface area (Å²) in [4.78, 5) is 13.5. The number of nitrogens with one attached hydrogen (secondary N) is 1. The summed E-state index contributed by atoms with van der Waals surface area (Å²) in [6.07, 6.45) is 0. The lowest BCUT2D eigenvalue weighted by atomic mass is 9.98. The number of aromatic hydroxyl groups is 1. The van der Waals surface area contributed by atoms with Gasteiger partial charge in [-0.15, -0.1) is 0 Å². The zero-order valence-corrected chi connectivity index (χ0v) is 11.3. The van der Waals surface area contributed by atoms with E-state index in [1.54, 1.807) is 26.0 Å². The summed E-state index contributed by atoms with van der Waals surface area (Å²) >= 11 is 0. The highest BCUT2D eigenvalue weighted by Gasteiger charge is 2.29. The minimum Gasteiger partial charge on any atom is -0.507 e. The number of nitrogens with zero attached hydrogens (tertiary/aromatic N) is 1. The molecule has 0 aliphatic carbocycles. The van der Waals surface area contributed by atoms with Gasteiger partial charge in [0.1, 0.15) is 11.8 Å². The molecular formula is C14H20N2O3. The van der Waals surface area contributed by atoms with E-state index < -0.39 is 12.0 Å². The van der Waals surface area contributed by atoms with Crippen molar-refractivity contribution >= 4 is 5.97 Å². The van der Waals surface area contributed by atoms with Crippen molar-refractivity contribution < 1.29 is 15.0 Å². The van der Waals surface area contributed by atoms with Crippen molar-refractivity contribution in [3.8, 4) is 5.75 Å². The first-order valence-corrected chi connectivity index (χ1v) is 6.48. The number of carbonyl (C=O) groups is 1. The van der Waals surface area contributed by atoms with Crippen molar-refractivity contribution in [1.82, 2.24) is 10.2 Å². The molecular weight excluding hydrogens is 244 g/mol. The van der Waals surface area contributed by atoms with Crippen molar-refractivity contribution in [3.63, 3.8) is 0 Å². The van der Waals surface area contributed by atoms with E-state index in [-0.39, 0.29) is 5.75 Å². The van der Waals surface area contributed by atoms with E-state index >= 15 is 0 Å². The van der Waals surface area contributed by atoms with Crippen LogP contribution in [0.1, 0.15) is 22.7 Å². The number of phenolic OH excluding ortho intramolecular Hbond substituents is 1. The molecule has 0 spiro atoms. The van der Waals surface area contributed by atoms with Crippen LogP contribution < -0.4 is 5.32 Å². The van der Waals surface area contributed by atoms with Crippen LogP contribution in [0.3, 0.4) is 0 Å². The number of rotatable bonds is 3. The maximum atomic E-state index is 11.6. The zero-order chi connectivity index (χ0) is 14.0. The van der Waals surface area contributed by atoms with Gasteiger partial charge in [-0.1, -0.05) is 12.1 Å². The molecule has 1 saturated heterocycles. The van der Waals surface area contributed by atoms with E-state index in [4.69, 9.17) is 0 Å². The molecule has 0 aromatic heterocycles. The number of aliphatic carboxylic acids is 1. The lowest BCUT2D eigenvalue weighted by Gasteiger charge is -2.33. The summed E-state index contributed by atoms with van der Waals surface area (Å²) in [5, 5.41) is 22.5. The summed E-state index contributed by atoms with van der Waals surface area (Å²) < 4.78 is 0. The molecule has 1 unspecified atom stereocenters. The number of phenols is 1. The first kappa shape index (κ1) is 13.8. The van der Waals surface area contributed by atoms with Gasteiger partial charge in [0, 0.05) is 26.2 Å². The normalized spacial score (nSPS) is 18.2. The highest BCUT2D eigenvalue weighted by atomic mass is 16.4. The van der Waals surface area contributed by atoms with Gasteiger partial charge in [-0.2, -0.15) is 0 Å². The lowest BCUT2D eigenvalue weighted by Crippen LogP contribution is -2.47. The quantitative estimate of drug-likeness (QED) is 0.761. The monoisotopic (exact) mass is 264 g/mol. The molecule has 2 rings (SSSR count). The second-order valence-electron chi connectivity index (χ2n) is 5.03. The largest absolute Gasteiger partial charge is 0.507 e. The maximum Gasteiger partial charge on any atom is 0.325 e. The van der Waals surface area contributed by atoms with Crippen molar-refractivity contribution in [3.05, 3.63) is 28.8 Å². The molecule has 0 radical (unpaired) electrons. The Morgan fingerprint density at radius 3 is 2.26 bits per heavy atom. The smallest absolute Gasteiger partial charge is 0.325 e. The Morgan fingerprint density at radius 1 is 1.26 bits per heavy atom. The molecule has 0 saturated carbocycles. The van der Waals surface area contributed by atoms with Gasteiger partial charge in [-0.25, -0.2) is 0 Å². The predicted molar refractivity (Wildman–Crippen MR) is 72.4 cm³/mol. The molecule has 1 atom stereocenters. The van der Waals surface area contributed by atoms with E-state index in [1.165, 1.54) is 0 Å². The zero-order valence-electron chi connectivity index (χ0n) is 11.3. The minimum atomic E-state index is -0.841. The third-order valence-corrected chi connectivity index (χ3v) is 3.58. The van der Waals surface area contributed by atoms with Gasteiger partial charge in [0.25, 0.3) is 0 Å². The molecule has 1 aromatic carbocycles. The number of hydrogen-bond donors (Lipinski definition) is 3. The van der Waals surface area contributed by atoms with Crippen molar-refractivity contribution in [2.45, 2.75) is 19.9 Å². The molecule has 1 aromatic rings. The van der Waals surface area contributed by atoms with Crippen LogP contribution in [0.5, 0.6) is 5.75 Å². The highest BCUT2D eigenvalue weighted by molar-refractivity contribution is 5.76. The average molecular weight is 264 g/mol. The Kier molecular flexibility index (Phi) is 4.07. The number of carboxylic acids is 1. The maximum absolute atomic E-state index is 11.6. The summed E-state index contributed by atoms with van der Waals surface area (Å²) in [5.74, 6) is -0.598. The minimum absolute atomic E-state index is 0.244. The van der Waals surface area contributed by atoms with Gasteiger partial charge in [-0.05, 0) is 30.5 Å². The van der Waals surface area contributed by atoms with Crippen molar-refractivity contribution in [2.24, 2.45) is 0 Å². The number of carboxylic acid groups (broad SMARTS) is 1. The van der Waals surface area contributed by atoms with Crippen LogP contribution in [0.4, 0.5) is 0 Å². The number of aryl methyl sites for hydroxylation is 2. The third kappa shape index (κ3) is 2.88. The van der Waals surface area contributed by atoms with E-state index in [2.05, 4.69) is 5.32 Å². The summed E-state index contributed by atoms with van der Waals surface area (Å²) in [6.45, 7) is 6.64. The Bertz CT molecular complexity index is 459. The first-order chi connectivity index (χ1) is 9.00. The van der Waals surface area contributed by atoms with Gasteiger partial charge in [0.15, 0.2) is 0 Å². The first-order valence-electron chi connectivity index (χ1n) is 6.48. The fourth-order valence-electron chi connectivity index (χ4n) is 2.60. The fraction of sp³-hybridized carbons (Fsp3) is 0.500. The van der Waals surface area contributed by atoms with Crippen LogP contribution >= 0.6 is 0 Å². The molecule has 1 aliphatic rings. The molecule has 0 amide bonds. The summed E-state index contributed by atoms with van der Waals surface area (Å²) in [5.41, 5.74) is 2.18. The SMILES string of the molecule is Cc1cc(C(C(=O)O)N2CCNCC2)cc(C)c1O. The van der Waals surface area contributed by atoms with Crippen LogP contribution in [0.25, 0.3) is 0 Å². The predicted octanol–water partition coefficient (Wildman–Crippen LogP) is 1.04. The Morgan fingerprint density at radius 2 is 1.79 bits per heavy atom. The molecule has 1 heterocycles. The Hall–Kier alpha value is -1.59. The molecule has 0 bridgehead atoms. The van der Waals surface area contributed by atoms with Crippen LogP contribution in [0.2, 0.25) is 0 Å². The summed E-state index contributed by atoms with van der Waals surface area (Å²) in [6, 6.07) is 2.90. The van der Waals surface area contributed by atoms with Gasteiger partial charge in [0.2, 0.25) is 0 Å². The second-order valence-corrected chi connectivity index (χ2v) is 5.03. The van der Waals surface area contributed by atoms with Crippen LogP contribution in [-0.4, -0.2) is 47.3 Å². The van der Waals surface area contributed by atoms with E-state index in [0.717, 1.165) is 42.9 Å².